The van der Waals surface area contributed by atoms with Crippen molar-refractivity contribution in [3.05, 3.63) is 12.7 Å². The Morgan fingerprint density at radius 3 is 1.10 bits per heavy atom. The zero-order valence-corrected chi connectivity index (χ0v) is 17.3. The van der Waals surface area contributed by atoms with E-state index in [0.717, 1.165) is 0 Å². The van der Waals surface area contributed by atoms with E-state index in [2.05, 4.69) is 13.5 Å². The van der Waals surface area contributed by atoms with Crippen LogP contribution in [0.4, 0.5) is 0 Å². The third-order valence-electron chi connectivity index (χ3n) is 4.26. The summed E-state index contributed by atoms with van der Waals surface area (Å²) >= 11 is 0. The Bertz CT molecular complexity index is 177. The molecule has 121 valence electrons. The van der Waals surface area contributed by atoms with E-state index in [9.17, 15) is 0 Å². The Morgan fingerprint density at radius 2 is 0.810 bits per heavy atom. The van der Waals surface area contributed by atoms with Crippen molar-refractivity contribution in [1.29, 1.82) is 0 Å². The third kappa shape index (κ3) is 23.1. The second kappa shape index (κ2) is 23.0. The molecular weight excluding hydrogens is 263 g/mol. The molecule has 0 amide bonds. The first-order valence-corrected chi connectivity index (χ1v) is 9.52. The molecule has 0 fully saturated rings. The van der Waals surface area contributed by atoms with Crippen LogP contribution in [0.15, 0.2) is 12.7 Å². The first-order chi connectivity index (χ1) is 9.91. The summed E-state index contributed by atoms with van der Waals surface area (Å²) < 4.78 is 0. The average molecular weight is 304 g/mol. The fourth-order valence-electron chi connectivity index (χ4n) is 2.84. The molecule has 0 N–H and O–H groups in total. The van der Waals surface area contributed by atoms with E-state index >= 15 is 0 Å². The van der Waals surface area contributed by atoms with Gasteiger partial charge in [-0.05, 0) is 12.8 Å². The topological polar surface area (TPSA) is 0 Å². The van der Waals surface area contributed by atoms with Crippen molar-refractivity contribution >= 4 is 29.6 Å². The van der Waals surface area contributed by atoms with E-state index in [1.165, 1.54) is 109 Å². The molecule has 1 heteroatoms. The molecule has 1 radical (unpaired) electrons. The Morgan fingerprint density at radius 1 is 0.524 bits per heavy atom. The fraction of sp³-hybridized carbons (Fsp3) is 0.900. The van der Waals surface area contributed by atoms with Crippen molar-refractivity contribution in [2.24, 2.45) is 0 Å². The van der Waals surface area contributed by atoms with Crippen LogP contribution in [0.5, 0.6) is 0 Å². The molecule has 21 heavy (non-hydrogen) atoms. The molecule has 0 saturated carbocycles. The number of allylic oxidation sites excluding steroid dienone is 1. The smallest absolute Gasteiger partial charge is 0 e. The standard InChI is InChI=1S/C20H40.Na/c1-3-5-7-9-11-13-15-17-19-20-18-16-14-12-10-8-6-4-2;/h3H,1,4-20H2,2H3;. The minimum absolute atomic E-state index is 0. The molecule has 0 aliphatic heterocycles. The average Bonchev–Trinajstić information content (AvgIpc) is 2.47. The summed E-state index contributed by atoms with van der Waals surface area (Å²) in [5.74, 6) is 0. The largest absolute Gasteiger partial charge is 0.103 e. The van der Waals surface area contributed by atoms with Gasteiger partial charge in [-0.1, -0.05) is 109 Å². The molecule has 0 saturated heterocycles. The number of unbranched alkanes of at least 4 members (excludes halogenated alkanes) is 16. The summed E-state index contributed by atoms with van der Waals surface area (Å²) in [5, 5.41) is 0. The van der Waals surface area contributed by atoms with Gasteiger partial charge in [0, 0.05) is 29.6 Å². The van der Waals surface area contributed by atoms with Crippen molar-refractivity contribution in [2.45, 2.75) is 116 Å². The summed E-state index contributed by atoms with van der Waals surface area (Å²) in [6, 6.07) is 0. The van der Waals surface area contributed by atoms with Crippen molar-refractivity contribution in [3.63, 3.8) is 0 Å². The van der Waals surface area contributed by atoms with Gasteiger partial charge in [0.15, 0.2) is 0 Å². The Kier molecular flexibility index (Phi) is 26.3. The van der Waals surface area contributed by atoms with E-state index in [1.54, 1.807) is 0 Å². The Labute approximate surface area is 157 Å². The molecule has 0 heterocycles. The molecule has 0 aromatic rings. The normalized spacial score (nSPS) is 10.3. The van der Waals surface area contributed by atoms with Gasteiger partial charge in [0.1, 0.15) is 0 Å². The number of hydrogen-bond acceptors (Lipinski definition) is 0. The fourth-order valence-corrected chi connectivity index (χ4v) is 2.84. The Balaban J connectivity index is 0. The SMILES string of the molecule is C=CCCCCCCCCCCCCCCCCCC.[Na]. The van der Waals surface area contributed by atoms with Crippen LogP contribution in [0.1, 0.15) is 116 Å². The summed E-state index contributed by atoms with van der Waals surface area (Å²) in [5.41, 5.74) is 0. The van der Waals surface area contributed by atoms with Crippen LogP contribution >= 0.6 is 0 Å². The molecule has 0 rings (SSSR count). The van der Waals surface area contributed by atoms with Crippen molar-refractivity contribution < 1.29 is 0 Å². The first kappa shape index (κ1) is 24.0. The number of hydrogen-bond donors (Lipinski definition) is 0. The quantitative estimate of drug-likeness (QED) is 0.149. The zero-order valence-electron chi connectivity index (χ0n) is 15.3. The molecular formula is C20H40Na. The molecule has 0 atom stereocenters. The van der Waals surface area contributed by atoms with Crippen molar-refractivity contribution in [1.82, 2.24) is 0 Å². The van der Waals surface area contributed by atoms with Crippen molar-refractivity contribution in [2.75, 3.05) is 0 Å². The maximum Gasteiger partial charge on any atom is 0 e. The predicted molar refractivity (Wildman–Crippen MR) is 100 cm³/mol. The van der Waals surface area contributed by atoms with E-state index < -0.39 is 0 Å². The summed E-state index contributed by atoms with van der Waals surface area (Å²) in [6.07, 6.45) is 26.4. The second-order valence-electron chi connectivity index (χ2n) is 6.38. The van der Waals surface area contributed by atoms with Gasteiger partial charge in [0.25, 0.3) is 0 Å². The molecule has 0 aromatic heterocycles. The predicted octanol–water partition coefficient (Wildman–Crippen LogP) is 7.44. The van der Waals surface area contributed by atoms with E-state index in [4.69, 9.17) is 0 Å². The van der Waals surface area contributed by atoms with Gasteiger partial charge < -0.3 is 0 Å². The molecule has 0 spiro atoms. The van der Waals surface area contributed by atoms with Gasteiger partial charge in [-0.2, -0.15) is 0 Å². The van der Waals surface area contributed by atoms with Gasteiger partial charge in [0.2, 0.25) is 0 Å². The zero-order chi connectivity index (χ0) is 14.7. The van der Waals surface area contributed by atoms with Crippen molar-refractivity contribution in [3.8, 4) is 0 Å². The molecule has 0 bridgehead atoms. The second-order valence-corrected chi connectivity index (χ2v) is 6.38. The molecule has 0 unspecified atom stereocenters. The van der Waals surface area contributed by atoms with Crippen LogP contribution in [0.25, 0.3) is 0 Å². The Hall–Kier alpha value is 0.740. The summed E-state index contributed by atoms with van der Waals surface area (Å²) in [6.45, 7) is 6.06. The van der Waals surface area contributed by atoms with Crippen LogP contribution in [0.3, 0.4) is 0 Å². The maximum atomic E-state index is 3.77. The van der Waals surface area contributed by atoms with Gasteiger partial charge in [-0.25, -0.2) is 0 Å². The van der Waals surface area contributed by atoms with E-state index in [0.29, 0.717) is 0 Å². The third-order valence-corrected chi connectivity index (χ3v) is 4.26. The van der Waals surface area contributed by atoms with Crippen LogP contribution in [0, 0.1) is 0 Å². The van der Waals surface area contributed by atoms with Crippen LogP contribution in [-0.2, 0) is 0 Å². The monoisotopic (exact) mass is 303 g/mol. The molecule has 0 aliphatic carbocycles. The molecule has 0 aliphatic rings. The van der Waals surface area contributed by atoms with Gasteiger partial charge in [-0.15, -0.1) is 6.58 Å². The number of rotatable bonds is 17. The van der Waals surface area contributed by atoms with Gasteiger partial charge >= 0.3 is 0 Å². The minimum atomic E-state index is 0. The first-order valence-electron chi connectivity index (χ1n) is 9.52. The van der Waals surface area contributed by atoms with Gasteiger partial charge in [-0.3, -0.25) is 0 Å². The van der Waals surface area contributed by atoms with Crippen LogP contribution < -0.4 is 0 Å². The summed E-state index contributed by atoms with van der Waals surface area (Å²) in [7, 11) is 0. The molecule has 0 nitrogen and oxygen atoms in total. The van der Waals surface area contributed by atoms with E-state index in [1.807, 2.05) is 6.08 Å². The van der Waals surface area contributed by atoms with E-state index in [-0.39, 0.29) is 29.6 Å². The minimum Gasteiger partial charge on any atom is -0.103 e. The molecule has 0 aromatic carbocycles. The van der Waals surface area contributed by atoms with Crippen LogP contribution in [-0.4, -0.2) is 29.6 Å². The maximum absolute atomic E-state index is 3.77. The summed E-state index contributed by atoms with van der Waals surface area (Å²) in [4.78, 5) is 0. The van der Waals surface area contributed by atoms with Crippen LogP contribution in [0.2, 0.25) is 0 Å². The van der Waals surface area contributed by atoms with Gasteiger partial charge in [0.05, 0.1) is 0 Å².